The zero-order chi connectivity index (χ0) is 12.9. The van der Waals surface area contributed by atoms with Crippen molar-refractivity contribution in [2.24, 2.45) is 0 Å². The number of nitrogens with zero attached hydrogens (tertiary/aromatic N) is 2. The molecule has 104 valence electrons. The average Bonchev–Trinajstić information content (AvgIpc) is 3.00. The predicted octanol–water partition coefficient (Wildman–Crippen LogP) is 1.82. The molecule has 19 heavy (non-hydrogen) atoms. The van der Waals surface area contributed by atoms with Crippen LogP contribution in [-0.4, -0.2) is 43.4 Å². The maximum atomic E-state index is 5.65. The molecule has 4 heteroatoms. The molecule has 3 rings (SSSR count). The molecule has 3 heterocycles. The summed E-state index contributed by atoms with van der Waals surface area (Å²) < 4.78 is 5.65. The topological polar surface area (TPSA) is 37.4 Å². The summed E-state index contributed by atoms with van der Waals surface area (Å²) in [6, 6.07) is 4.85. The Hall–Kier alpha value is -1.13. The Balaban J connectivity index is 1.42. The van der Waals surface area contributed by atoms with Gasteiger partial charge in [-0.15, -0.1) is 0 Å². The summed E-state index contributed by atoms with van der Waals surface area (Å²) in [5.74, 6) is 0. The Morgan fingerprint density at radius 2 is 2.00 bits per heavy atom. The first-order chi connectivity index (χ1) is 9.42. The molecule has 0 bridgehead atoms. The summed E-state index contributed by atoms with van der Waals surface area (Å²) in [6.07, 6.45) is 9.09. The van der Waals surface area contributed by atoms with Crippen LogP contribution in [0.3, 0.4) is 0 Å². The van der Waals surface area contributed by atoms with Gasteiger partial charge in [0, 0.05) is 50.4 Å². The summed E-state index contributed by atoms with van der Waals surface area (Å²) in [5, 5.41) is 3.67. The minimum Gasteiger partial charge on any atom is -0.377 e. The maximum absolute atomic E-state index is 5.65. The Bertz CT molecular complexity index is 370. The molecular weight excluding hydrogens is 238 g/mol. The van der Waals surface area contributed by atoms with E-state index in [2.05, 4.69) is 27.3 Å². The van der Waals surface area contributed by atoms with Gasteiger partial charge in [0.1, 0.15) is 0 Å². The SMILES string of the molecule is c1cc(N2CCC(NCC3CCCO3)CC2)ccn1. The molecule has 4 nitrogen and oxygen atoms in total. The van der Waals surface area contributed by atoms with Gasteiger partial charge in [0.2, 0.25) is 0 Å². The second kappa shape index (κ2) is 6.35. The van der Waals surface area contributed by atoms with Crippen LogP contribution in [0.25, 0.3) is 0 Å². The number of anilines is 1. The van der Waals surface area contributed by atoms with Crippen LogP contribution >= 0.6 is 0 Å². The monoisotopic (exact) mass is 261 g/mol. The van der Waals surface area contributed by atoms with Gasteiger partial charge in [0.25, 0.3) is 0 Å². The lowest BCUT2D eigenvalue weighted by atomic mass is 10.0. The highest BCUT2D eigenvalue weighted by molar-refractivity contribution is 5.44. The van der Waals surface area contributed by atoms with Gasteiger partial charge >= 0.3 is 0 Å². The fourth-order valence-corrected chi connectivity index (χ4v) is 3.00. The van der Waals surface area contributed by atoms with Crippen LogP contribution in [0.1, 0.15) is 25.7 Å². The lowest BCUT2D eigenvalue weighted by Gasteiger charge is -2.34. The molecule has 0 saturated carbocycles. The first kappa shape index (κ1) is 12.9. The fraction of sp³-hybridized carbons (Fsp3) is 0.667. The number of hydrogen-bond acceptors (Lipinski definition) is 4. The van der Waals surface area contributed by atoms with Crippen LogP contribution < -0.4 is 10.2 Å². The summed E-state index contributed by atoms with van der Waals surface area (Å²) in [6.45, 7) is 4.24. The molecule has 2 fully saturated rings. The molecule has 1 atom stereocenters. The van der Waals surface area contributed by atoms with Crippen molar-refractivity contribution in [3.63, 3.8) is 0 Å². The fourth-order valence-electron chi connectivity index (χ4n) is 3.00. The van der Waals surface area contributed by atoms with Crippen molar-refractivity contribution in [3.05, 3.63) is 24.5 Å². The third-order valence-corrected chi connectivity index (χ3v) is 4.18. The molecular formula is C15H23N3O. The lowest BCUT2D eigenvalue weighted by Crippen LogP contribution is -2.44. The van der Waals surface area contributed by atoms with Crippen molar-refractivity contribution < 1.29 is 4.74 Å². The number of ether oxygens (including phenoxy) is 1. The van der Waals surface area contributed by atoms with Crippen molar-refractivity contribution in [2.75, 3.05) is 31.1 Å². The summed E-state index contributed by atoms with van der Waals surface area (Å²) >= 11 is 0. The highest BCUT2D eigenvalue weighted by atomic mass is 16.5. The molecule has 1 unspecified atom stereocenters. The first-order valence-corrected chi connectivity index (χ1v) is 7.42. The first-order valence-electron chi connectivity index (χ1n) is 7.42. The lowest BCUT2D eigenvalue weighted by molar-refractivity contribution is 0.106. The molecule has 0 aliphatic carbocycles. The van der Waals surface area contributed by atoms with Crippen molar-refractivity contribution in [1.29, 1.82) is 0 Å². The Morgan fingerprint density at radius 1 is 1.21 bits per heavy atom. The van der Waals surface area contributed by atoms with Crippen LogP contribution in [0.2, 0.25) is 0 Å². The number of rotatable bonds is 4. The maximum Gasteiger partial charge on any atom is 0.0700 e. The molecule has 2 saturated heterocycles. The minimum atomic E-state index is 0.457. The van der Waals surface area contributed by atoms with Crippen LogP contribution in [0, 0.1) is 0 Å². The number of aromatic nitrogens is 1. The summed E-state index contributed by atoms with van der Waals surface area (Å²) in [7, 11) is 0. The Labute approximate surface area is 115 Å². The van der Waals surface area contributed by atoms with E-state index in [0.29, 0.717) is 12.1 Å². The molecule has 1 aromatic heterocycles. The van der Waals surface area contributed by atoms with Gasteiger partial charge in [-0.2, -0.15) is 0 Å². The quantitative estimate of drug-likeness (QED) is 0.897. The van der Waals surface area contributed by atoms with Gasteiger partial charge in [0.15, 0.2) is 0 Å². The van der Waals surface area contributed by atoms with E-state index in [9.17, 15) is 0 Å². The summed E-state index contributed by atoms with van der Waals surface area (Å²) in [4.78, 5) is 6.53. The van der Waals surface area contributed by atoms with E-state index in [1.165, 1.54) is 31.4 Å². The third-order valence-electron chi connectivity index (χ3n) is 4.18. The molecule has 0 radical (unpaired) electrons. The van der Waals surface area contributed by atoms with Crippen LogP contribution in [-0.2, 0) is 4.74 Å². The number of nitrogens with one attached hydrogen (secondary N) is 1. The van der Waals surface area contributed by atoms with Crippen molar-refractivity contribution in [3.8, 4) is 0 Å². The molecule has 1 N–H and O–H groups in total. The Morgan fingerprint density at radius 3 is 2.68 bits per heavy atom. The molecule has 0 amide bonds. The van der Waals surface area contributed by atoms with Gasteiger partial charge in [-0.1, -0.05) is 0 Å². The van der Waals surface area contributed by atoms with Gasteiger partial charge in [0.05, 0.1) is 6.10 Å². The normalized spacial score (nSPS) is 24.8. The highest BCUT2D eigenvalue weighted by Gasteiger charge is 2.21. The zero-order valence-corrected chi connectivity index (χ0v) is 11.4. The number of piperidine rings is 1. The Kier molecular flexibility index (Phi) is 4.30. The van der Waals surface area contributed by atoms with E-state index < -0.39 is 0 Å². The zero-order valence-electron chi connectivity index (χ0n) is 11.4. The molecule has 2 aliphatic rings. The van der Waals surface area contributed by atoms with Crippen LogP contribution in [0.4, 0.5) is 5.69 Å². The van der Waals surface area contributed by atoms with Gasteiger partial charge < -0.3 is 15.0 Å². The van der Waals surface area contributed by atoms with Crippen molar-refractivity contribution >= 4 is 5.69 Å². The van der Waals surface area contributed by atoms with Crippen LogP contribution in [0.15, 0.2) is 24.5 Å². The van der Waals surface area contributed by atoms with Crippen molar-refractivity contribution in [1.82, 2.24) is 10.3 Å². The predicted molar refractivity (Wildman–Crippen MR) is 76.4 cm³/mol. The smallest absolute Gasteiger partial charge is 0.0700 e. The number of pyridine rings is 1. The van der Waals surface area contributed by atoms with E-state index in [1.54, 1.807) is 0 Å². The van der Waals surface area contributed by atoms with E-state index in [4.69, 9.17) is 4.74 Å². The van der Waals surface area contributed by atoms with E-state index in [1.807, 2.05) is 12.4 Å². The standard InChI is InChI=1S/C15H23N3O/c1-2-15(19-11-1)12-17-13-5-9-18(10-6-13)14-3-7-16-8-4-14/h3-4,7-8,13,15,17H,1-2,5-6,9-12H2. The minimum absolute atomic E-state index is 0.457. The van der Waals surface area contributed by atoms with E-state index >= 15 is 0 Å². The number of hydrogen-bond donors (Lipinski definition) is 1. The van der Waals surface area contributed by atoms with Gasteiger partial charge in [-0.25, -0.2) is 0 Å². The second-order valence-corrected chi connectivity index (χ2v) is 5.51. The van der Waals surface area contributed by atoms with Crippen molar-refractivity contribution in [2.45, 2.75) is 37.8 Å². The average molecular weight is 261 g/mol. The second-order valence-electron chi connectivity index (χ2n) is 5.51. The molecule has 2 aliphatic heterocycles. The summed E-state index contributed by atoms with van der Waals surface area (Å²) in [5.41, 5.74) is 1.30. The molecule has 1 aromatic rings. The van der Waals surface area contributed by atoms with E-state index in [-0.39, 0.29) is 0 Å². The van der Waals surface area contributed by atoms with E-state index in [0.717, 1.165) is 26.2 Å². The molecule has 0 aromatic carbocycles. The highest BCUT2D eigenvalue weighted by Crippen LogP contribution is 2.19. The largest absolute Gasteiger partial charge is 0.377 e. The van der Waals surface area contributed by atoms with Gasteiger partial charge in [-0.3, -0.25) is 4.98 Å². The molecule has 0 spiro atoms. The van der Waals surface area contributed by atoms with Gasteiger partial charge in [-0.05, 0) is 37.8 Å². The third kappa shape index (κ3) is 3.45. The van der Waals surface area contributed by atoms with Crippen LogP contribution in [0.5, 0.6) is 0 Å².